The van der Waals surface area contributed by atoms with Crippen molar-refractivity contribution in [2.45, 2.75) is 16.9 Å². The van der Waals surface area contributed by atoms with E-state index in [0.29, 0.717) is 0 Å². The van der Waals surface area contributed by atoms with Gasteiger partial charge in [0.1, 0.15) is 0 Å². The van der Waals surface area contributed by atoms with E-state index in [1.165, 1.54) is 25.8 Å². The molecular weight excluding hydrogens is 270 g/mol. The Labute approximate surface area is 113 Å². The average molecular weight is 283 g/mol. The number of benzene rings is 1. The molecule has 1 unspecified atom stereocenters. The van der Waals surface area contributed by atoms with Crippen LogP contribution in [0.2, 0.25) is 0 Å². The van der Waals surface area contributed by atoms with Gasteiger partial charge in [0, 0.05) is 5.75 Å². The van der Waals surface area contributed by atoms with Crippen LogP contribution < -0.4 is 0 Å². The van der Waals surface area contributed by atoms with Gasteiger partial charge in [0.2, 0.25) is 0 Å². The van der Waals surface area contributed by atoms with Gasteiger partial charge in [0.15, 0.2) is 9.94 Å². The van der Waals surface area contributed by atoms with Crippen molar-refractivity contribution in [2.75, 3.05) is 12.9 Å². The standard InChI is InChI=1S/C12H13NO3S2/c1-12(15,10(14)16-2)7-17-11-13-8-5-3-4-6-9(8)18-11/h3-6,15H,7H2,1-2H3. The van der Waals surface area contributed by atoms with Gasteiger partial charge >= 0.3 is 5.97 Å². The van der Waals surface area contributed by atoms with Gasteiger partial charge in [-0.15, -0.1) is 11.3 Å². The molecule has 0 saturated heterocycles. The lowest BCUT2D eigenvalue weighted by Gasteiger charge is -2.18. The molecule has 4 nitrogen and oxygen atoms in total. The molecule has 0 aliphatic heterocycles. The van der Waals surface area contributed by atoms with E-state index in [9.17, 15) is 9.90 Å². The van der Waals surface area contributed by atoms with E-state index in [2.05, 4.69) is 9.72 Å². The Morgan fingerprint density at radius 3 is 2.94 bits per heavy atom. The lowest BCUT2D eigenvalue weighted by Crippen LogP contribution is -2.38. The smallest absolute Gasteiger partial charge is 0.338 e. The molecule has 2 aromatic rings. The first-order valence-electron chi connectivity index (χ1n) is 5.32. The van der Waals surface area contributed by atoms with Crippen LogP contribution >= 0.6 is 23.1 Å². The second kappa shape index (κ2) is 5.26. The van der Waals surface area contributed by atoms with Crippen LogP contribution in [0.25, 0.3) is 10.2 Å². The first-order valence-corrected chi connectivity index (χ1v) is 7.12. The van der Waals surface area contributed by atoms with Crippen molar-refractivity contribution in [3.05, 3.63) is 24.3 Å². The number of thioether (sulfide) groups is 1. The number of hydrogen-bond donors (Lipinski definition) is 1. The number of thiazole rings is 1. The number of aliphatic hydroxyl groups is 1. The van der Waals surface area contributed by atoms with Gasteiger partial charge in [0.05, 0.1) is 17.3 Å². The fourth-order valence-electron chi connectivity index (χ4n) is 1.39. The second-order valence-corrected chi connectivity index (χ2v) is 6.25. The molecule has 0 radical (unpaired) electrons. The number of nitrogens with zero attached hydrogens (tertiary/aromatic N) is 1. The Morgan fingerprint density at radius 2 is 2.28 bits per heavy atom. The van der Waals surface area contributed by atoms with E-state index in [4.69, 9.17) is 0 Å². The van der Waals surface area contributed by atoms with Crippen LogP contribution in [0.1, 0.15) is 6.92 Å². The van der Waals surface area contributed by atoms with Crippen molar-refractivity contribution in [1.29, 1.82) is 0 Å². The number of hydrogen-bond acceptors (Lipinski definition) is 6. The lowest BCUT2D eigenvalue weighted by atomic mass is 10.1. The van der Waals surface area contributed by atoms with Crippen LogP contribution in [0.3, 0.4) is 0 Å². The predicted octanol–water partition coefficient (Wildman–Crippen LogP) is 2.31. The largest absolute Gasteiger partial charge is 0.467 e. The number of fused-ring (bicyclic) bond motifs is 1. The lowest BCUT2D eigenvalue weighted by molar-refractivity contribution is -0.158. The molecule has 0 spiro atoms. The van der Waals surface area contributed by atoms with Crippen LogP contribution in [-0.2, 0) is 9.53 Å². The molecule has 0 fully saturated rings. The molecule has 1 aromatic carbocycles. The maximum Gasteiger partial charge on any atom is 0.338 e. The van der Waals surface area contributed by atoms with Gasteiger partial charge in [-0.3, -0.25) is 0 Å². The quantitative estimate of drug-likeness (QED) is 0.689. The number of methoxy groups -OCH3 is 1. The summed E-state index contributed by atoms with van der Waals surface area (Å²) in [6, 6.07) is 7.82. The van der Waals surface area contributed by atoms with Crippen LogP contribution in [-0.4, -0.2) is 34.5 Å². The summed E-state index contributed by atoms with van der Waals surface area (Å²) in [5, 5.41) is 9.90. The highest BCUT2D eigenvalue weighted by molar-refractivity contribution is 8.01. The number of carbonyl (C=O) groups excluding carboxylic acids is 1. The van der Waals surface area contributed by atoms with Crippen molar-refractivity contribution < 1.29 is 14.6 Å². The molecule has 0 saturated carbocycles. The van der Waals surface area contributed by atoms with Crippen LogP contribution in [0.15, 0.2) is 28.6 Å². The third-order valence-corrected chi connectivity index (χ3v) is 4.86. The third-order valence-electron chi connectivity index (χ3n) is 2.38. The SMILES string of the molecule is COC(=O)C(C)(O)CSc1nc2ccccc2s1. The highest BCUT2D eigenvalue weighted by atomic mass is 32.2. The summed E-state index contributed by atoms with van der Waals surface area (Å²) in [4.78, 5) is 15.7. The highest BCUT2D eigenvalue weighted by Crippen LogP contribution is 2.31. The Balaban J connectivity index is 2.08. The zero-order valence-electron chi connectivity index (χ0n) is 10.0. The van der Waals surface area contributed by atoms with Crippen LogP contribution in [0.4, 0.5) is 0 Å². The van der Waals surface area contributed by atoms with E-state index >= 15 is 0 Å². The third kappa shape index (κ3) is 2.82. The van der Waals surface area contributed by atoms with Crippen molar-refractivity contribution in [3.63, 3.8) is 0 Å². The van der Waals surface area contributed by atoms with Crippen LogP contribution in [0, 0.1) is 0 Å². The molecule has 0 aliphatic carbocycles. The first kappa shape index (κ1) is 13.3. The Bertz CT molecular complexity index is 532. The monoisotopic (exact) mass is 283 g/mol. The molecule has 1 heterocycles. The summed E-state index contributed by atoms with van der Waals surface area (Å²) in [6.45, 7) is 1.44. The predicted molar refractivity (Wildman–Crippen MR) is 73.0 cm³/mol. The molecule has 1 atom stereocenters. The number of para-hydroxylation sites is 1. The minimum atomic E-state index is -1.49. The Hall–Kier alpha value is -1.11. The molecule has 96 valence electrons. The van der Waals surface area contributed by atoms with Crippen molar-refractivity contribution >= 4 is 39.3 Å². The highest BCUT2D eigenvalue weighted by Gasteiger charge is 2.31. The number of ether oxygens (including phenoxy) is 1. The number of rotatable bonds is 4. The summed E-state index contributed by atoms with van der Waals surface area (Å²) in [6.07, 6.45) is 0. The van der Waals surface area contributed by atoms with Gasteiger partial charge in [-0.25, -0.2) is 9.78 Å². The van der Waals surface area contributed by atoms with Gasteiger partial charge in [-0.1, -0.05) is 23.9 Å². The molecule has 2 rings (SSSR count). The molecule has 1 N–H and O–H groups in total. The van der Waals surface area contributed by atoms with Gasteiger partial charge < -0.3 is 9.84 Å². The van der Waals surface area contributed by atoms with E-state index in [0.717, 1.165) is 14.6 Å². The van der Waals surface area contributed by atoms with Crippen molar-refractivity contribution in [3.8, 4) is 0 Å². The van der Waals surface area contributed by atoms with Gasteiger partial charge in [-0.05, 0) is 19.1 Å². The van der Waals surface area contributed by atoms with E-state index < -0.39 is 11.6 Å². The van der Waals surface area contributed by atoms with E-state index in [-0.39, 0.29) is 5.75 Å². The number of aromatic nitrogens is 1. The normalized spacial score (nSPS) is 14.4. The van der Waals surface area contributed by atoms with Gasteiger partial charge in [-0.2, -0.15) is 0 Å². The molecular formula is C12H13NO3S2. The average Bonchev–Trinajstić information content (AvgIpc) is 2.78. The summed E-state index contributed by atoms with van der Waals surface area (Å²) in [7, 11) is 1.26. The zero-order chi connectivity index (χ0) is 13.2. The molecule has 0 amide bonds. The maximum absolute atomic E-state index is 11.3. The minimum Gasteiger partial charge on any atom is -0.467 e. The summed E-state index contributed by atoms with van der Waals surface area (Å²) >= 11 is 2.90. The molecule has 18 heavy (non-hydrogen) atoms. The minimum absolute atomic E-state index is 0.222. The number of esters is 1. The maximum atomic E-state index is 11.3. The topological polar surface area (TPSA) is 59.4 Å². The molecule has 0 bridgehead atoms. The Kier molecular flexibility index (Phi) is 3.89. The second-order valence-electron chi connectivity index (χ2n) is 4.00. The molecule has 1 aromatic heterocycles. The van der Waals surface area contributed by atoms with E-state index in [1.54, 1.807) is 11.3 Å². The van der Waals surface area contributed by atoms with Crippen molar-refractivity contribution in [2.24, 2.45) is 0 Å². The molecule has 6 heteroatoms. The zero-order valence-corrected chi connectivity index (χ0v) is 11.7. The van der Waals surface area contributed by atoms with Crippen molar-refractivity contribution in [1.82, 2.24) is 4.98 Å². The summed E-state index contributed by atoms with van der Waals surface area (Å²) in [5.41, 5.74) is -0.556. The van der Waals surface area contributed by atoms with E-state index in [1.807, 2.05) is 24.3 Å². The van der Waals surface area contributed by atoms with Gasteiger partial charge in [0.25, 0.3) is 0 Å². The fourth-order valence-corrected chi connectivity index (χ4v) is 3.46. The van der Waals surface area contributed by atoms with Crippen LogP contribution in [0.5, 0.6) is 0 Å². The fraction of sp³-hybridized carbons (Fsp3) is 0.333. The summed E-state index contributed by atoms with van der Waals surface area (Å²) in [5.74, 6) is -0.407. The summed E-state index contributed by atoms with van der Waals surface area (Å²) < 4.78 is 6.47. The number of carbonyl (C=O) groups is 1. The Morgan fingerprint density at radius 1 is 1.56 bits per heavy atom. The molecule has 0 aliphatic rings. The first-order chi connectivity index (χ1) is 8.53.